The fourth-order valence-corrected chi connectivity index (χ4v) is 2.38. The lowest BCUT2D eigenvalue weighted by Gasteiger charge is -2.12. The van der Waals surface area contributed by atoms with Crippen LogP contribution in [0.5, 0.6) is 0 Å². The van der Waals surface area contributed by atoms with Crippen LogP contribution in [0.15, 0.2) is 24.5 Å². The third kappa shape index (κ3) is 3.82. The summed E-state index contributed by atoms with van der Waals surface area (Å²) in [7, 11) is 2.90. The monoisotopic (exact) mass is 306 g/mol. The normalized spacial score (nSPS) is 10.2. The van der Waals surface area contributed by atoms with Crippen LogP contribution in [-0.4, -0.2) is 41.2 Å². The topological polar surface area (TPSA) is 85.3 Å². The minimum atomic E-state index is -0.411. The molecule has 7 nitrogen and oxygen atoms in total. The number of amides is 1. The van der Waals surface area contributed by atoms with Crippen molar-refractivity contribution in [1.82, 2.24) is 15.2 Å². The fourth-order valence-electron chi connectivity index (χ4n) is 1.55. The second kappa shape index (κ2) is 6.89. The third-order valence-corrected chi connectivity index (χ3v) is 3.82. The van der Waals surface area contributed by atoms with Gasteiger partial charge in [0.2, 0.25) is 11.0 Å². The molecule has 0 aromatic carbocycles. The lowest BCUT2D eigenvalue weighted by molar-refractivity contribution is -0.141. The number of carbonyl (C=O) groups is 2. The minimum Gasteiger partial charge on any atom is -0.469 e. The average Bonchev–Trinajstić information content (AvgIpc) is 3.02. The van der Waals surface area contributed by atoms with Crippen molar-refractivity contribution >= 4 is 28.3 Å². The van der Waals surface area contributed by atoms with Crippen LogP contribution in [0.1, 0.15) is 12.8 Å². The molecule has 2 aromatic heterocycles. The Balaban J connectivity index is 2.03. The predicted molar refractivity (Wildman–Crippen MR) is 77.8 cm³/mol. The Morgan fingerprint density at radius 3 is 2.62 bits per heavy atom. The molecule has 0 atom stereocenters. The van der Waals surface area contributed by atoms with E-state index in [0.29, 0.717) is 10.1 Å². The average molecular weight is 306 g/mol. The van der Waals surface area contributed by atoms with Crippen molar-refractivity contribution in [1.29, 1.82) is 0 Å². The molecular formula is C13H14N4O3S. The van der Waals surface area contributed by atoms with Crippen molar-refractivity contribution in [3.05, 3.63) is 24.5 Å². The van der Waals surface area contributed by atoms with E-state index in [0.717, 1.165) is 5.56 Å². The number of rotatable bonds is 5. The van der Waals surface area contributed by atoms with E-state index in [2.05, 4.69) is 19.9 Å². The van der Waals surface area contributed by atoms with Crippen LogP contribution in [0.3, 0.4) is 0 Å². The smallest absolute Gasteiger partial charge is 0.306 e. The van der Waals surface area contributed by atoms with Crippen LogP contribution >= 0.6 is 11.3 Å². The van der Waals surface area contributed by atoms with Gasteiger partial charge in [-0.3, -0.25) is 19.5 Å². The zero-order valence-electron chi connectivity index (χ0n) is 11.6. The maximum Gasteiger partial charge on any atom is 0.306 e. The van der Waals surface area contributed by atoms with Gasteiger partial charge in [-0.05, 0) is 12.1 Å². The minimum absolute atomic E-state index is 0.0513. The summed E-state index contributed by atoms with van der Waals surface area (Å²) >= 11 is 1.30. The van der Waals surface area contributed by atoms with E-state index in [1.54, 1.807) is 19.4 Å². The summed E-state index contributed by atoms with van der Waals surface area (Å²) in [6, 6.07) is 3.65. The maximum atomic E-state index is 12.0. The first-order chi connectivity index (χ1) is 10.1. The SMILES string of the molecule is COC(=O)CCC(=O)N(C)c1nnc(-c2ccncc2)s1. The van der Waals surface area contributed by atoms with Crippen molar-refractivity contribution < 1.29 is 14.3 Å². The van der Waals surface area contributed by atoms with Crippen molar-refractivity contribution in [2.45, 2.75) is 12.8 Å². The Bertz CT molecular complexity index is 629. The Kier molecular flexibility index (Phi) is 4.94. The summed E-state index contributed by atoms with van der Waals surface area (Å²) in [6.45, 7) is 0. The molecule has 0 fully saturated rings. The highest BCUT2D eigenvalue weighted by Crippen LogP contribution is 2.27. The highest BCUT2D eigenvalue weighted by atomic mass is 32.1. The number of hydrogen-bond donors (Lipinski definition) is 0. The van der Waals surface area contributed by atoms with Crippen molar-refractivity contribution in [3.63, 3.8) is 0 Å². The van der Waals surface area contributed by atoms with E-state index in [1.165, 1.54) is 23.3 Å². The van der Waals surface area contributed by atoms with Crippen LogP contribution in [0.25, 0.3) is 10.6 Å². The van der Waals surface area contributed by atoms with Crippen LogP contribution in [0.4, 0.5) is 5.13 Å². The van der Waals surface area contributed by atoms with Gasteiger partial charge >= 0.3 is 5.97 Å². The van der Waals surface area contributed by atoms with Gasteiger partial charge in [-0.25, -0.2) is 0 Å². The lowest BCUT2D eigenvalue weighted by Crippen LogP contribution is -2.26. The van der Waals surface area contributed by atoms with Crippen LogP contribution in [0.2, 0.25) is 0 Å². The molecule has 0 N–H and O–H groups in total. The first-order valence-electron chi connectivity index (χ1n) is 6.19. The molecular weight excluding hydrogens is 292 g/mol. The number of esters is 1. The molecule has 0 saturated heterocycles. The van der Waals surface area contributed by atoms with Gasteiger partial charge in [-0.15, -0.1) is 10.2 Å². The van der Waals surface area contributed by atoms with Crippen LogP contribution in [-0.2, 0) is 14.3 Å². The van der Waals surface area contributed by atoms with Crippen molar-refractivity contribution in [3.8, 4) is 10.6 Å². The summed E-state index contributed by atoms with van der Waals surface area (Å²) < 4.78 is 4.51. The summed E-state index contributed by atoms with van der Waals surface area (Å²) in [4.78, 5) is 28.3. The molecule has 2 rings (SSSR count). The number of pyridine rings is 1. The molecule has 0 unspecified atom stereocenters. The molecule has 0 spiro atoms. The molecule has 0 aliphatic heterocycles. The largest absolute Gasteiger partial charge is 0.469 e. The van der Waals surface area contributed by atoms with Gasteiger partial charge in [0.05, 0.1) is 13.5 Å². The molecule has 2 aromatic rings. The van der Waals surface area contributed by atoms with Crippen molar-refractivity contribution in [2.75, 3.05) is 19.1 Å². The Hall–Kier alpha value is -2.35. The molecule has 0 aliphatic carbocycles. The van der Waals surface area contributed by atoms with Crippen molar-refractivity contribution in [2.24, 2.45) is 0 Å². The van der Waals surface area contributed by atoms with E-state index in [-0.39, 0.29) is 18.7 Å². The predicted octanol–water partition coefficient (Wildman–Crippen LogP) is 1.52. The van der Waals surface area contributed by atoms with E-state index < -0.39 is 5.97 Å². The Labute approximate surface area is 125 Å². The van der Waals surface area contributed by atoms with Gasteiger partial charge in [-0.1, -0.05) is 11.3 Å². The standard InChI is InChI=1S/C13H14N4O3S/c1-17(10(18)3-4-11(19)20-2)13-16-15-12(21-13)9-5-7-14-8-6-9/h5-8H,3-4H2,1-2H3. The second-order valence-electron chi connectivity index (χ2n) is 4.15. The van der Waals surface area contributed by atoms with Gasteiger partial charge in [0.25, 0.3) is 0 Å². The zero-order chi connectivity index (χ0) is 15.2. The van der Waals surface area contributed by atoms with Gasteiger partial charge in [0, 0.05) is 31.4 Å². The highest BCUT2D eigenvalue weighted by Gasteiger charge is 2.17. The number of hydrogen-bond acceptors (Lipinski definition) is 7. The molecule has 0 radical (unpaired) electrons. The number of nitrogens with zero attached hydrogens (tertiary/aromatic N) is 4. The molecule has 21 heavy (non-hydrogen) atoms. The quantitative estimate of drug-likeness (QED) is 0.779. The molecule has 8 heteroatoms. The third-order valence-electron chi connectivity index (χ3n) is 2.77. The van der Waals surface area contributed by atoms with Crippen LogP contribution in [0, 0.1) is 0 Å². The molecule has 2 heterocycles. The highest BCUT2D eigenvalue weighted by molar-refractivity contribution is 7.18. The molecule has 0 bridgehead atoms. The van der Waals surface area contributed by atoms with Crippen LogP contribution < -0.4 is 4.90 Å². The molecule has 110 valence electrons. The Morgan fingerprint density at radius 2 is 1.95 bits per heavy atom. The zero-order valence-corrected chi connectivity index (χ0v) is 12.5. The summed E-state index contributed by atoms with van der Waals surface area (Å²) in [5.41, 5.74) is 0.893. The number of carbonyl (C=O) groups excluding carboxylic acids is 2. The first-order valence-corrected chi connectivity index (χ1v) is 7.00. The van der Waals surface area contributed by atoms with E-state index in [1.807, 2.05) is 12.1 Å². The van der Waals surface area contributed by atoms with Gasteiger partial charge in [0.15, 0.2) is 0 Å². The summed E-state index contributed by atoms with van der Waals surface area (Å²) in [5.74, 6) is -0.621. The number of anilines is 1. The number of aromatic nitrogens is 3. The number of ether oxygens (including phenoxy) is 1. The lowest BCUT2D eigenvalue weighted by atomic mass is 10.3. The Morgan fingerprint density at radius 1 is 1.24 bits per heavy atom. The van der Waals surface area contributed by atoms with Gasteiger partial charge in [-0.2, -0.15) is 0 Å². The summed E-state index contributed by atoms with van der Waals surface area (Å²) in [6.07, 6.45) is 3.46. The maximum absolute atomic E-state index is 12.0. The second-order valence-corrected chi connectivity index (χ2v) is 5.11. The van der Waals surface area contributed by atoms with E-state index >= 15 is 0 Å². The van der Waals surface area contributed by atoms with Gasteiger partial charge in [0.1, 0.15) is 5.01 Å². The summed E-state index contributed by atoms with van der Waals surface area (Å²) in [5, 5.41) is 9.25. The molecule has 1 amide bonds. The van der Waals surface area contributed by atoms with Gasteiger partial charge < -0.3 is 4.74 Å². The molecule has 0 saturated carbocycles. The first kappa shape index (κ1) is 15.0. The van der Waals surface area contributed by atoms with E-state index in [9.17, 15) is 9.59 Å². The van der Waals surface area contributed by atoms with E-state index in [4.69, 9.17) is 0 Å². The number of methoxy groups -OCH3 is 1. The molecule has 0 aliphatic rings. The fraction of sp³-hybridized carbons (Fsp3) is 0.308.